The van der Waals surface area contributed by atoms with Gasteiger partial charge in [0.05, 0.1) is 19.2 Å². The van der Waals surface area contributed by atoms with Gasteiger partial charge in [0.1, 0.15) is 0 Å². The van der Waals surface area contributed by atoms with Crippen molar-refractivity contribution in [1.29, 1.82) is 0 Å². The molecule has 2 atom stereocenters. The molecule has 2 aliphatic rings. The maximum Gasteiger partial charge on any atom is 0.337 e. The standard InChI is InChI=1S/C20H28N2O3/c1-14-9-10-16(20(24)25-2)12-17(14)21-13-19(23)22-11-5-7-15-6-3-4-8-18(15)22/h9-10,12,15,18,21H,3-8,11,13H2,1-2H3. The van der Waals surface area contributed by atoms with Crippen molar-refractivity contribution in [3.8, 4) is 0 Å². The summed E-state index contributed by atoms with van der Waals surface area (Å²) in [6.07, 6.45) is 7.33. The Balaban J connectivity index is 1.64. The Labute approximate surface area is 149 Å². The summed E-state index contributed by atoms with van der Waals surface area (Å²) in [5, 5.41) is 3.23. The van der Waals surface area contributed by atoms with Crippen molar-refractivity contribution in [2.24, 2.45) is 5.92 Å². The molecule has 136 valence electrons. The predicted molar refractivity (Wildman–Crippen MR) is 97.7 cm³/mol. The molecule has 2 fully saturated rings. The summed E-state index contributed by atoms with van der Waals surface area (Å²) in [6.45, 7) is 3.11. The number of hydrogen-bond donors (Lipinski definition) is 1. The van der Waals surface area contributed by atoms with Crippen LogP contribution in [-0.4, -0.2) is 43.0 Å². The van der Waals surface area contributed by atoms with Crippen molar-refractivity contribution in [2.75, 3.05) is 25.5 Å². The average Bonchev–Trinajstić information content (AvgIpc) is 2.66. The van der Waals surface area contributed by atoms with E-state index in [1.807, 2.05) is 13.0 Å². The summed E-state index contributed by atoms with van der Waals surface area (Å²) >= 11 is 0. The number of aryl methyl sites for hydroxylation is 1. The molecule has 1 N–H and O–H groups in total. The maximum atomic E-state index is 12.8. The van der Waals surface area contributed by atoms with Crippen molar-refractivity contribution in [1.82, 2.24) is 4.90 Å². The largest absolute Gasteiger partial charge is 0.465 e. The first kappa shape index (κ1) is 17.8. The first-order chi connectivity index (χ1) is 12.1. The van der Waals surface area contributed by atoms with Gasteiger partial charge in [-0.25, -0.2) is 4.79 Å². The number of carbonyl (C=O) groups is 2. The van der Waals surface area contributed by atoms with E-state index < -0.39 is 0 Å². The molecule has 0 radical (unpaired) electrons. The van der Waals surface area contributed by atoms with Gasteiger partial charge < -0.3 is 15.0 Å². The van der Waals surface area contributed by atoms with Gasteiger partial charge in [0.2, 0.25) is 5.91 Å². The number of methoxy groups -OCH3 is 1. The average molecular weight is 344 g/mol. The van der Waals surface area contributed by atoms with Crippen LogP contribution >= 0.6 is 0 Å². The Kier molecular flexibility index (Phi) is 5.61. The van der Waals surface area contributed by atoms with Crippen LogP contribution in [0.4, 0.5) is 5.69 Å². The minimum Gasteiger partial charge on any atom is -0.465 e. The van der Waals surface area contributed by atoms with Crippen molar-refractivity contribution in [3.63, 3.8) is 0 Å². The zero-order valence-electron chi connectivity index (χ0n) is 15.2. The second-order valence-electron chi connectivity index (χ2n) is 7.22. The molecule has 0 bridgehead atoms. The number of nitrogens with zero attached hydrogens (tertiary/aromatic N) is 1. The van der Waals surface area contributed by atoms with Gasteiger partial charge in [0, 0.05) is 18.3 Å². The molecule has 25 heavy (non-hydrogen) atoms. The molecule has 2 unspecified atom stereocenters. The lowest BCUT2D eigenvalue weighted by molar-refractivity contribution is -0.135. The maximum absolute atomic E-state index is 12.8. The summed E-state index contributed by atoms with van der Waals surface area (Å²) < 4.78 is 4.77. The fraction of sp³-hybridized carbons (Fsp3) is 0.600. The third-order valence-corrected chi connectivity index (χ3v) is 5.65. The van der Waals surface area contributed by atoms with Gasteiger partial charge in [-0.2, -0.15) is 0 Å². The first-order valence-electron chi connectivity index (χ1n) is 9.32. The van der Waals surface area contributed by atoms with Crippen LogP contribution in [0, 0.1) is 12.8 Å². The number of likely N-dealkylation sites (tertiary alicyclic amines) is 1. The highest BCUT2D eigenvalue weighted by atomic mass is 16.5. The smallest absolute Gasteiger partial charge is 0.337 e. The van der Waals surface area contributed by atoms with Crippen molar-refractivity contribution in [3.05, 3.63) is 29.3 Å². The van der Waals surface area contributed by atoms with Crippen LogP contribution in [0.2, 0.25) is 0 Å². The van der Waals surface area contributed by atoms with E-state index >= 15 is 0 Å². The van der Waals surface area contributed by atoms with Crippen LogP contribution in [0.25, 0.3) is 0 Å². The van der Waals surface area contributed by atoms with E-state index in [0.717, 1.165) is 30.6 Å². The lowest BCUT2D eigenvalue weighted by Gasteiger charge is -2.44. The molecule has 1 aliphatic carbocycles. The molecule has 1 aliphatic heterocycles. The second-order valence-corrected chi connectivity index (χ2v) is 7.22. The molecule has 1 aromatic carbocycles. The number of piperidine rings is 1. The van der Waals surface area contributed by atoms with Crippen LogP contribution in [0.3, 0.4) is 0 Å². The highest BCUT2D eigenvalue weighted by Crippen LogP contribution is 2.35. The summed E-state index contributed by atoms with van der Waals surface area (Å²) in [4.78, 5) is 26.6. The van der Waals surface area contributed by atoms with E-state index in [4.69, 9.17) is 4.74 Å². The molecule has 5 nitrogen and oxygen atoms in total. The number of benzene rings is 1. The van der Waals surface area contributed by atoms with Gasteiger partial charge in [0.25, 0.3) is 0 Å². The van der Waals surface area contributed by atoms with Crippen LogP contribution in [-0.2, 0) is 9.53 Å². The summed E-state index contributed by atoms with van der Waals surface area (Å²) in [5.74, 6) is 0.491. The molecule has 0 spiro atoms. The number of fused-ring (bicyclic) bond motifs is 1. The number of hydrogen-bond acceptors (Lipinski definition) is 4. The normalized spacial score (nSPS) is 22.9. The van der Waals surface area contributed by atoms with E-state index in [2.05, 4.69) is 10.2 Å². The number of rotatable bonds is 4. The van der Waals surface area contributed by atoms with E-state index in [9.17, 15) is 9.59 Å². The van der Waals surface area contributed by atoms with Gasteiger partial charge in [-0.1, -0.05) is 18.9 Å². The Morgan fingerprint density at radius 1 is 1.20 bits per heavy atom. The lowest BCUT2D eigenvalue weighted by Crippen LogP contribution is -2.51. The Hall–Kier alpha value is -2.04. The number of nitrogens with one attached hydrogen (secondary N) is 1. The zero-order valence-corrected chi connectivity index (χ0v) is 15.2. The van der Waals surface area contributed by atoms with E-state index in [-0.39, 0.29) is 18.4 Å². The number of amides is 1. The second kappa shape index (κ2) is 7.89. The number of ether oxygens (including phenoxy) is 1. The monoisotopic (exact) mass is 344 g/mol. The van der Waals surface area contributed by atoms with Gasteiger partial charge in [-0.05, 0) is 56.2 Å². The zero-order chi connectivity index (χ0) is 17.8. The molecule has 5 heteroatoms. The van der Waals surface area contributed by atoms with Gasteiger partial charge in [-0.15, -0.1) is 0 Å². The molecule has 1 aromatic rings. The summed E-state index contributed by atoms with van der Waals surface area (Å²) in [7, 11) is 1.37. The highest BCUT2D eigenvalue weighted by Gasteiger charge is 2.35. The Morgan fingerprint density at radius 2 is 1.96 bits per heavy atom. The molecule has 1 saturated carbocycles. The minimum absolute atomic E-state index is 0.166. The van der Waals surface area contributed by atoms with Crippen LogP contribution in [0.1, 0.15) is 54.4 Å². The van der Waals surface area contributed by atoms with Gasteiger partial charge >= 0.3 is 5.97 Å². The van der Waals surface area contributed by atoms with E-state index in [1.165, 1.54) is 32.8 Å². The van der Waals surface area contributed by atoms with Gasteiger partial charge in [0.15, 0.2) is 0 Å². The SMILES string of the molecule is COC(=O)c1ccc(C)c(NCC(=O)N2CCCC3CCCCC32)c1. The highest BCUT2D eigenvalue weighted by molar-refractivity contribution is 5.91. The summed E-state index contributed by atoms with van der Waals surface area (Å²) in [6, 6.07) is 5.80. The molecule has 0 aromatic heterocycles. The van der Waals surface area contributed by atoms with Crippen LogP contribution in [0.15, 0.2) is 18.2 Å². The first-order valence-corrected chi connectivity index (χ1v) is 9.32. The number of anilines is 1. The number of carbonyl (C=O) groups excluding carboxylic acids is 2. The van der Waals surface area contributed by atoms with Crippen molar-refractivity contribution < 1.29 is 14.3 Å². The lowest BCUT2D eigenvalue weighted by atomic mass is 9.78. The molecule has 1 amide bonds. The minimum atomic E-state index is -0.365. The number of esters is 1. The van der Waals surface area contributed by atoms with Gasteiger partial charge in [-0.3, -0.25) is 4.79 Å². The molecule has 1 heterocycles. The summed E-state index contributed by atoms with van der Waals surface area (Å²) in [5.41, 5.74) is 2.32. The fourth-order valence-electron chi connectivity index (χ4n) is 4.26. The Bertz CT molecular complexity index is 642. The van der Waals surface area contributed by atoms with E-state index in [0.29, 0.717) is 17.5 Å². The predicted octanol–water partition coefficient (Wildman–Crippen LogP) is 3.37. The molecular formula is C20H28N2O3. The van der Waals surface area contributed by atoms with Crippen LogP contribution in [0.5, 0.6) is 0 Å². The van der Waals surface area contributed by atoms with Crippen molar-refractivity contribution in [2.45, 2.75) is 51.5 Å². The topological polar surface area (TPSA) is 58.6 Å². The van der Waals surface area contributed by atoms with Crippen LogP contribution < -0.4 is 5.32 Å². The van der Waals surface area contributed by atoms with Crippen molar-refractivity contribution >= 4 is 17.6 Å². The molecule has 3 rings (SSSR count). The quantitative estimate of drug-likeness (QED) is 0.851. The third kappa shape index (κ3) is 3.97. The molecule has 1 saturated heterocycles. The van der Waals surface area contributed by atoms with E-state index in [1.54, 1.807) is 12.1 Å². The fourth-order valence-corrected chi connectivity index (χ4v) is 4.26. The Morgan fingerprint density at radius 3 is 2.76 bits per heavy atom. The molecular weight excluding hydrogens is 316 g/mol. The third-order valence-electron chi connectivity index (χ3n) is 5.65.